The fourth-order valence-electron chi connectivity index (χ4n) is 1.87. The average molecular weight is 227 g/mol. The van der Waals surface area contributed by atoms with Gasteiger partial charge in [-0.3, -0.25) is 4.79 Å². The highest BCUT2D eigenvalue weighted by atomic mass is 16.6. The Morgan fingerprint density at radius 3 is 3.12 bits per heavy atom. The second-order valence-electron chi connectivity index (χ2n) is 3.67. The summed E-state index contributed by atoms with van der Waals surface area (Å²) < 4.78 is 9.92. The van der Waals surface area contributed by atoms with Gasteiger partial charge in [-0.2, -0.15) is 0 Å². The summed E-state index contributed by atoms with van der Waals surface area (Å²) in [6.07, 6.45) is 0.489. The smallest absolute Gasteiger partial charge is 0.346 e. The Morgan fingerprint density at radius 2 is 2.44 bits per heavy atom. The zero-order valence-corrected chi connectivity index (χ0v) is 8.91. The van der Waals surface area contributed by atoms with Crippen molar-refractivity contribution in [3.8, 4) is 0 Å². The summed E-state index contributed by atoms with van der Waals surface area (Å²) in [6.45, 7) is 1.99. The number of ether oxygens (including phenoxy) is 2. The van der Waals surface area contributed by atoms with Crippen molar-refractivity contribution >= 4 is 11.9 Å². The van der Waals surface area contributed by atoms with Gasteiger partial charge in [0, 0.05) is 13.0 Å². The largest absolute Gasteiger partial charge is 0.493 e. The minimum atomic E-state index is -1.95. The average Bonchev–Trinajstić information content (AvgIpc) is 2.60. The van der Waals surface area contributed by atoms with Gasteiger partial charge >= 0.3 is 5.97 Å². The Hall–Kier alpha value is -1.56. The molecule has 0 aromatic carbocycles. The van der Waals surface area contributed by atoms with Crippen LogP contribution in [0, 0.1) is 0 Å². The lowest BCUT2D eigenvalue weighted by molar-refractivity contribution is -0.163. The number of amides is 1. The number of carbonyl (C=O) groups is 2. The summed E-state index contributed by atoms with van der Waals surface area (Å²) in [6, 6.07) is 0. The van der Waals surface area contributed by atoms with E-state index < -0.39 is 17.5 Å². The van der Waals surface area contributed by atoms with E-state index in [-0.39, 0.29) is 18.8 Å². The summed E-state index contributed by atoms with van der Waals surface area (Å²) >= 11 is 0. The van der Waals surface area contributed by atoms with E-state index in [9.17, 15) is 14.7 Å². The summed E-state index contributed by atoms with van der Waals surface area (Å²) in [5.74, 6) is -0.911. The second-order valence-corrected chi connectivity index (χ2v) is 3.67. The first kappa shape index (κ1) is 10.9. The number of hydrogen-bond donors (Lipinski definition) is 2. The Morgan fingerprint density at radius 1 is 1.69 bits per heavy atom. The van der Waals surface area contributed by atoms with Crippen molar-refractivity contribution < 1.29 is 24.2 Å². The Bertz CT molecular complexity index is 375. The molecule has 6 nitrogen and oxygen atoms in total. The molecule has 0 spiro atoms. The molecule has 0 saturated carbocycles. The summed E-state index contributed by atoms with van der Waals surface area (Å²) in [5, 5.41) is 12.7. The van der Waals surface area contributed by atoms with Crippen LogP contribution in [0.3, 0.4) is 0 Å². The van der Waals surface area contributed by atoms with Crippen molar-refractivity contribution in [2.45, 2.75) is 18.9 Å². The highest BCUT2D eigenvalue weighted by Gasteiger charge is 2.53. The summed E-state index contributed by atoms with van der Waals surface area (Å²) in [7, 11) is 0. The lowest BCUT2D eigenvalue weighted by Crippen LogP contribution is -2.48. The van der Waals surface area contributed by atoms with E-state index >= 15 is 0 Å². The number of aliphatic hydroxyl groups is 1. The Balaban J connectivity index is 2.33. The van der Waals surface area contributed by atoms with E-state index in [4.69, 9.17) is 9.47 Å². The van der Waals surface area contributed by atoms with Crippen LogP contribution in [0.1, 0.15) is 13.3 Å². The molecule has 2 heterocycles. The monoisotopic (exact) mass is 227 g/mol. The molecule has 6 heteroatoms. The quantitative estimate of drug-likeness (QED) is 0.596. The van der Waals surface area contributed by atoms with Gasteiger partial charge in [0.25, 0.3) is 5.91 Å². The second kappa shape index (κ2) is 3.79. The molecule has 0 saturated heterocycles. The van der Waals surface area contributed by atoms with Crippen LogP contribution in [-0.2, 0) is 19.1 Å². The third kappa shape index (κ3) is 1.46. The maximum atomic E-state index is 11.6. The molecular weight excluding hydrogens is 214 g/mol. The van der Waals surface area contributed by atoms with Crippen molar-refractivity contribution in [3.05, 3.63) is 11.3 Å². The third-order valence-corrected chi connectivity index (χ3v) is 2.63. The predicted molar refractivity (Wildman–Crippen MR) is 52.2 cm³/mol. The van der Waals surface area contributed by atoms with Crippen molar-refractivity contribution in [1.29, 1.82) is 0 Å². The van der Waals surface area contributed by atoms with Crippen LogP contribution < -0.4 is 5.32 Å². The van der Waals surface area contributed by atoms with Gasteiger partial charge in [0.05, 0.1) is 6.61 Å². The molecular formula is C10H13NO5. The van der Waals surface area contributed by atoms with Gasteiger partial charge in [0.1, 0.15) is 17.9 Å². The molecule has 0 radical (unpaired) electrons. The molecule has 0 fully saturated rings. The van der Waals surface area contributed by atoms with Gasteiger partial charge < -0.3 is 19.9 Å². The molecule has 16 heavy (non-hydrogen) atoms. The van der Waals surface area contributed by atoms with Crippen LogP contribution in [0.15, 0.2) is 11.3 Å². The van der Waals surface area contributed by atoms with Gasteiger partial charge in [-0.15, -0.1) is 0 Å². The summed E-state index contributed by atoms with van der Waals surface area (Å²) in [4.78, 5) is 23.2. The first-order chi connectivity index (χ1) is 7.59. The molecule has 1 atom stereocenters. The van der Waals surface area contributed by atoms with E-state index in [1.165, 1.54) is 0 Å². The van der Waals surface area contributed by atoms with Crippen LogP contribution in [0.25, 0.3) is 0 Å². The number of hydrogen-bond acceptors (Lipinski definition) is 5. The molecule has 1 amide bonds. The predicted octanol–water partition coefficient (Wildman–Crippen LogP) is -0.915. The number of rotatable bonds is 2. The number of esters is 1. The van der Waals surface area contributed by atoms with Crippen molar-refractivity contribution in [3.63, 3.8) is 0 Å². The molecule has 88 valence electrons. The van der Waals surface area contributed by atoms with Crippen LogP contribution in [0.5, 0.6) is 0 Å². The highest BCUT2D eigenvalue weighted by Crippen LogP contribution is 2.34. The topological polar surface area (TPSA) is 84.9 Å². The summed E-state index contributed by atoms with van der Waals surface area (Å²) in [5.41, 5.74) is -1.95. The van der Waals surface area contributed by atoms with Crippen LogP contribution in [0.4, 0.5) is 0 Å². The van der Waals surface area contributed by atoms with Crippen molar-refractivity contribution in [2.24, 2.45) is 0 Å². The minimum Gasteiger partial charge on any atom is -0.493 e. The van der Waals surface area contributed by atoms with E-state index in [0.717, 1.165) is 0 Å². The lowest BCUT2D eigenvalue weighted by atomic mass is 9.92. The number of nitrogens with one attached hydrogen (secondary N) is 1. The van der Waals surface area contributed by atoms with E-state index in [0.29, 0.717) is 18.7 Å². The maximum Gasteiger partial charge on any atom is 0.346 e. The van der Waals surface area contributed by atoms with Gasteiger partial charge in [0.15, 0.2) is 0 Å². The fourth-order valence-corrected chi connectivity index (χ4v) is 1.87. The van der Waals surface area contributed by atoms with E-state index in [2.05, 4.69) is 5.32 Å². The Labute approximate surface area is 92.2 Å². The van der Waals surface area contributed by atoms with Gasteiger partial charge in [-0.05, 0) is 6.92 Å². The molecule has 2 rings (SSSR count). The van der Waals surface area contributed by atoms with Crippen LogP contribution in [0.2, 0.25) is 0 Å². The minimum absolute atomic E-state index is 0.00259. The molecule has 0 aromatic rings. The van der Waals surface area contributed by atoms with Crippen LogP contribution in [-0.4, -0.2) is 42.3 Å². The van der Waals surface area contributed by atoms with Crippen molar-refractivity contribution in [1.82, 2.24) is 5.32 Å². The molecule has 0 aliphatic carbocycles. The lowest BCUT2D eigenvalue weighted by Gasteiger charge is -2.22. The SMILES string of the molecule is CCOC(=O)C1(O)COC2=C1C(=O)NCC2. The molecule has 2 aliphatic heterocycles. The van der Waals surface area contributed by atoms with Gasteiger partial charge in [0.2, 0.25) is 5.60 Å². The highest BCUT2D eigenvalue weighted by molar-refractivity contribution is 6.04. The first-order valence-corrected chi connectivity index (χ1v) is 5.14. The molecule has 2 aliphatic rings. The van der Waals surface area contributed by atoms with Crippen LogP contribution >= 0.6 is 0 Å². The Kier molecular flexibility index (Phi) is 2.59. The maximum absolute atomic E-state index is 11.6. The molecule has 1 unspecified atom stereocenters. The van der Waals surface area contributed by atoms with E-state index in [1.807, 2.05) is 0 Å². The zero-order valence-electron chi connectivity index (χ0n) is 8.91. The fraction of sp³-hybridized carbons (Fsp3) is 0.600. The standard InChI is InChI=1S/C10H13NO5/c1-2-15-9(13)10(14)5-16-6-3-4-11-8(12)7(6)10/h14H,2-5H2,1H3,(H,11,12). The van der Waals surface area contributed by atoms with E-state index in [1.54, 1.807) is 6.92 Å². The third-order valence-electron chi connectivity index (χ3n) is 2.63. The zero-order chi connectivity index (χ0) is 11.8. The number of carbonyl (C=O) groups excluding carboxylic acids is 2. The van der Waals surface area contributed by atoms with Crippen molar-refractivity contribution in [2.75, 3.05) is 19.8 Å². The van der Waals surface area contributed by atoms with Gasteiger partial charge in [-0.25, -0.2) is 4.79 Å². The van der Waals surface area contributed by atoms with Gasteiger partial charge in [-0.1, -0.05) is 0 Å². The first-order valence-electron chi connectivity index (χ1n) is 5.14. The molecule has 0 bridgehead atoms. The molecule has 0 aromatic heterocycles. The molecule has 2 N–H and O–H groups in total. The normalized spacial score (nSPS) is 28.2.